The molecule has 0 amide bonds. The van der Waals surface area contributed by atoms with Crippen molar-refractivity contribution in [3.05, 3.63) is 0 Å². The highest BCUT2D eigenvalue weighted by Crippen LogP contribution is 2.68. The van der Waals surface area contributed by atoms with Crippen molar-refractivity contribution in [2.24, 2.45) is 46.3 Å². The fourth-order valence-corrected chi connectivity index (χ4v) is 8.59. The molecule has 3 N–H and O–H groups in total. The highest BCUT2D eigenvalue weighted by Gasteiger charge is 2.62. The molecule has 0 aliphatic heterocycles. The van der Waals surface area contributed by atoms with Crippen LogP contribution in [0.2, 0.25) is 0 Å². The molecule has 4 nitrogen and oxygen atoms in total. The molecule has 0 aromatic carbocycles. The number of aliphatic hydroxyl groups is 2. The van der Waals surface area contributed by atoms with Crippen LogP contribution >= 0.6 is 0 Å². The number of hydrogen-bond acceptors (Lipinski definition) is 3. The van der Waals surface area contributed by atoms with Gasteiger partial charge in [0.15, 0.2) is 0 Å². The fraction of sp³-hybridized carbons (Fsp3) is 0.957. The van der Waals surface area contributed by atoms with E-state index in [-0.39, 0.29) is 35.4 Å². The van der Waals surface area contributed by atoms with Gasteiger partial charge in [-0.2, -0.15) is 0 Å². The molecule has 154 valence electrons. The maximum Gasteiger partial charge on any atom is 0.303 e. The van der Waals surface area contributed by atoms with Gasteiger partial charge in [0.1, 0.15) is 0 Å². The Kier molecular flexibility index (Phi) is 4.91. The second-order valence-corrected chi connectivity index (χ2v) is 11.0. The molecule has 4 aliphatic carbocycles. The molecule has 4 rings (SSSR count). The van der Waals surface area contributed by atoms with Crippen molar-refractivity contribution in [2.75, 3.05) is 0 Å². The Morgan fingerprint density at radius 2 is 1.67 bits per heavy atom. The maximum absolute atomic E-state index is 11.3. The molecule has 0 aromatic rings. The lowest BCUT2D eigenvalue weighted by molar-refractivity contribution is -0.174. The number of fused-ring (bicyclic) bond motifs is 5. The van der Waals surface area contributed by atoms with E-state index in [4.69, 9.17) is 0 Å². The third kappa shape index (κ3) is 2.97. The Labute approximate surface area is 163 Å². The Hall–Kier alpha value is -0.610. The van der Waals surface area contributed by atoms with Gasteiger partial charge in [-0.1, -0.05) is 20.8 Å². The molecule has 27 heavy (non-hydrogen) atoms. The van der Waals surface area contributed by atoms with E-state index in [0.717, 1.165) is 44.9 Å². The van der Waals surface area contributed by atoms with Crippen molar-refractivity contribution >= 4 is 5.97 Å². The molecule has 0 bridgehead atoms. The molecule has 4 fully saturated rings. The monoisotopic (exact) mass is 378 g/mol. The van der Waals surface area contributed by atoms with E-state index in [1.807, 2.05) is 0 Å². The van der Waals surface area contributed by atoms with Crippen molar-refractivity contribution in [2.45, 2.75) is 90.8 Å². The van der Waals surface area contributed by atoms with E-state index in [9.17, 15) is 20.1 Å². The molecule has 0 spiro atoms. The van der Waals surface area contributed by atoms with Crippen molar-refractivity contribution in [1.29, 1.82) is 0 Å². The molecule has 10 atom stereocenters. The van der Waals surface area contributed by atoms with Crippen molar-refractivity contribution < 1.29 is 20.1 Å². The first-order chi connectivity index (χ1) is 12.7. The molecular weight excluding hydrogens is 340 g/mol. The topological polar surface area (TPSA) is 77.8 Å². The first kappa shape index (κ1) is 19.7. The van der Waals surface area contributed by atoms with Gasteiger partial charge in [0.05, 0.1) is 12.2 Å². The smallest absolute Gasteiger partial charge is 0.303 e. The van der Waals surface area contributed by atoms with Crippen LogP contribution in [-0.4, -0.2) is 33.5 Å². The minimum absolute atomic E-state index is 0.175. The fourth-order valence-electron chi connectivity index (χ4n) is 8.59. The molecule has 0 unspecified atom stereocenters. The van der Waals surface area contributed by atoms with E-state index in [1.54, 1.807) is 0 Å². The minimum Gasteiger partial charge on any atom is -0.481 e. The lowest BCUT2D eigenvalue weighted by atomic mass is 9.43. The van der Waals surface area contributed by atoms with Crippen LogP contribution in [-0.2, 0) is 4.79 Å². The normalized spacial score (nSPS) is 53.1. The first-order valence-electron chi connectivity index (χ1n) is 11.2. The van der Waals surface area contributed by atoms with E-state index in [1.165, 1.54) is 6.42 Å². The van der Waals surface area contributed by atoms with Gasteiger partial charge in [0, 0.05) is 6.42 Å². The quantitative estimate of drug-likeness (QED) is 0.691. The van der Waals surface area contributed by atoms with Crippen LogP contribution in [0.25, 0.3) is 0 Å². The number of rotatable bonds is 3. The molecular formula is C23H38O4. The van der Waals surface area contributed by atoms with E-state index >= 15 is 0 Å². The largest absolute Gasteiger partial charge is 0.481 e. The molecule has 4 heteroatoms. The third-order valence-corrected chi connectivity index (χ3v) is 9.91. The summed E-state index contributed by atoms with van der Waals surface area (Å²) in [5.74, 6) is 1.89. The second-order valence-electron chi connectivity index (χ2n) is 11.0. The Bertz CT molecular complexity index is 591. The molecule has 0 saturated heterocycles. The van der Waals surface area contributed by atoms with Gasteiger partial charge in [-0.25, -0.2) is 0 Å². The van der Waals surface area contributed by atoms with Gasteiger partial charge in [-0.3, -0.25) is 4.79 Å². The van der Waals surface area contributed by atoms with E-state index in [0.29, 0.717) is 29.6 Å². The predicted octanol–water partition coefficient (Wildman–Crippen LogP) is 4.09. The van der Waals surface area contributed by atoms with Gasteiger partial charge in [-0.15, -0.1) is 0 Å². The van der Waals surface area contributed by atoms with Crippen molar-refractivity contribution in [3.63, 3.8) is 0 Å². The summed E-state index contributed by atoms with van der Waals surface area (Å²) >= 11 is 0. The lowest BCUT2D eigenvalue weighted by Gasteiger charge is -2.62. The Balaban J connectivity index is 1.60. The van der Waals surface area contributed by atoms with Crippen LogP contribution in [0.3, 0.4) is 0 Å². The SMILES string of the molecule is C[C@H](CC(=O)O)[C@H]1CC[C@H]2[C@@H]3[C@@H](O)C[C@H]4C[C@@H](O)CC[C@]4(C)[C@H]3CC[C@]12C. The van der Waals surface area contributed by atoms with Crippen LogP contribution in [0.5, 0.6) is 0 Å². The summed E-state index contributed by atoms with van der Waals surface area (Å²) in [6, 6.07) is 0. The average Bonchev–Trinajstić information content (AvgIpc) is 2.93. The van der Waals surface area contributed by atoms with Crippen LogP contribution in [0, 0.1) is 46.3 Å². The lowest BCUT2D eigenvalue weighted by Crippen LogP contribution is -2.58. The summed E-state index contributed by atoms with van der Waals surface area (Å²) in [6.45, 7) is 6.96. The summed E-state index contributed by atoms with van der Waals surface area (Å²) < 4.78 is 0. The Morgan fingerprint density at radius 1 is 1.00 bits per heavy atom. The number of carboxylic acids is 1. The third-order valence-electron chi connectivity index (χ3n) is 9.91. The second kappa shape index (κ2) is 6.73. The number of carboxylic acid groups (broad SMARTS) is 1. The molecule has 4 saturated carbocycles. The minimum atomic E-state index is -0.683. The van der Waals surface area contributed by atoms with Gasteiger partial charge in [-0.05, 0) is 97.7 Å². The number of hydrogen-bond donors (Lipinski definition) is 3. The van der Waals surface area contributed by atoms with Gasteiger partial charge in [0.2, 0.25) is 0 Å². The van der Waals surface area contributed by atoms with Crippen molar-refractivity contribution in [3.8, 4) is 0 Å². The maximum atomic E-state index is 11.3. The van der Waals surface area contributed by atoms with E-state index < -0.39 is 5.97 Å². The number of aliphatic hydroxyl groups excluding tert-OH is 2. The van der Waals surface area contributed by atoms with Crippen LogP contribution in [0.15, 0.2) is 0 Å². The standard InChI is InChI=1S/C23H38O4/c1-13(10-20(26)27)16-4-5-17-21-18(7-9-23(16,17)3)22(2)8-6-15(24)11-14(22)12-19(21)25/h13-19,21,24-25H,4-12H2,1-3H3,(H,26,27)/t13-,14-,15+,16-,17+,18+,19+,21+,22+,23-/m1/s1. The van der Waals surface area contributed by atoms with Crippen LogP contribution in [0.4, 0.5) is 0 Å². The summed E-state index contributed by atoms with van der Waals surface area (Å²) in [5.41, 5.74) is 0.434. The average molecular weight is 379 g/mol. The summed E-state index contributed by atoms with van der Waals surface area (Å²) in [5, 5.41) is 30.7. The molecule has 0 radical (unpaired) electrons. The van der Waals surface area contributed by atoms with Crippen molar-refractivity contribution in [1.82, 2.24) is 0 Å². The number of carbonyl (C=O) groups is 1. The summed E-state index contributed by atoms with van der Waals surface area (Å²) in [6.07, 6.45) is 8.12. The van der Waals surface area contributed by atoms with Crippen LogP contribution < -0.4 is 0 Å². The zero-order chi connectivity index (χ0) is 19.6. The highest BCUT2D eigenvalue weighted by molar-refractivity contribution is 5.67. The molecule has 0 aromatic heterocycles. The predicted molar refractivity (Wildman–Crippen MR) is 104 cm³/mol. The van der Waals surface area contributed by atoms with Gasteiger partial charge in [0.25, 0.3) is 0 Å². The Morgan fingerprint density at radius 3 is 2.37 bits per heavy atom. The van der Waals surface area contributed by atoms with Gasteiger partial charge >= 0.3 is 5.97 Å². The first-order valence-corrected chi connectivity index (χ1v) is 11.2. The highest BCUT2D eigenvalue weighted by atomic mass is 16.4. The van der Waals surface area contributed by atoms with E-state index in [2.05, 4.69) is 20.8 Å². The summed E-state index contributed by atoms with van der Waals surface area (Å²) in [7, 11) is 0. The molecule has 4 aliphatic rings. The molecule has 0 heterocycles. The zero-order valence-electron chi connectivity index (χ0n) is 17.2. The van der Waals surface area contributed by atoms with Crippen LogP contribution in [0.1, 0.15) is 78.6 Å². The zero-order valence-corrected chi connectivity index (χ0v) is 17.2. The van der Waals surface area contributed by atoms with Gasteiger partial charge < -0.3 is 15.3 Å². The number of aliphatic carboxylic acids is 1. The summed E-state index contributed by atoms with van der Waals surface area (Å²) in [4.78, 5) is 11.3.